The molecule has 1 heterocycles. The maximum Gasteiger partial charge on any atom is 0.289 e. The van der Waals surface area contributed by atoms with Gasteiger partial charge in [-0.05, 0) is 5.73 Å². The number of carbonyl (C=O) groups excluding carboxylic acids is 3. The van der Waals surface area contributed by atoms with Crippen molar-refractivity contribution in [1.82, 2.24) is 5.06 Å². The zero-order valence-corrected chi connectivity index (χ0v) is 5.33. The van der Waals surface area contributed by atoms with Crippen molar-refractivity contribution in [2.24, 2.45) is 0 Å². The summed E-state index contributed by atoms with van der Waals surface area (Å²) < 4.78 is 0. The van der Waals surface area contributed by atoms with Crippen molar-refractivity contribution in [3.8, 4) is 0 Å². The molecule has 1 saturated heterocycles. The zero-order valence-electron chi connectivity index (χ0n) is 5.33. The highest BCUT2D eigenvalue weighted by Gasteiger charge is 2.32. The molecule has 0 radical (unpaired) electrons. The molecular weight excluding hydrogens is 150 g/mol. The number of hydrogen-bond acceptors (Lipinski definition) is 4. The van der Waals surface area contributed by atoms with Crippen LogP contribution in [0, 0.1) is 0 Å². The Morgan fingerprint density at radius 3 is 2.45 bits per heavy atom. The van der Waals surface area contributed by atoms with Gasteiger partial charge < -0.3 is 0 Å². The third-order valence-corrected chi connectivity index (χ3v) is 1.22. The Kier molecular flexibility index (Phi) is 1.70. The van der Waals surface area contributed by atoms with Crippen molar-refractivity contribution in [2.45, 2.75) is 6.42 Å². The Labute approximate surface area is 61.2 Å². The maximum atomic E-state index is 10.7. The fourth-order valence-electron chi connectivity index (χ4n) is 0.702. The van der Waals surface area contributed by atoms with Crippen LogP contribution in [0.1, 0.15) is 6.42 Å². The highest BCUT2D eigenvalue weighted by molar-refractivity contribution is 6.12. The lowest BCUT2D eigenvalue weighted by Gasteiger charge is -1.98. The lowest BCUT2D eigenvalue weighted by molar-refractivity contribution is -0.170. The van der Waals surface area contributed by atoms with Crippen LogP contribution in [0.5, 0.6) is 0 Å². The van der Waals surface area contributed by atoms with Gasteiger partial charge in [-0.2, -0.15) is 5.06 Å². The lowest BCUT2D eigenvalue weighted by atomic mass is 10.2. The second kappa shape index (κ2) is 2.52. The van der Waals surface area contributed by atoms with Gasteiger partial charge in [-0.15, -0.1) is 0 Å². The summed E-state index contributed by atoms with van der Waals surface area (Å²) in [7, 11) is 0. The molecule has 0 aromatic heterocycles. The molecule has 5 nitrogen and oxygen atoms in total. The van der Waals surface area contributed by atoms with E-state index in [0.717, 1.165) is 0 Å². The highest BCUT2D eigenvalue weighted by atomic mass is 16.5. The average Bonchev–Trinajstić information content (AvgIpc) is 2.19. The van der Waals surface area contributed by atoms with Gasteiger partial charge in [-0.1, -0.05) is 0 Å². The van der Waals surface area contributed by atoms with Crippen molar-refractivity contribution in [1.29, 1.82) is 0 Å². The quantitative estimate of drug-likeness (QED) is 0.160. The van der Waals surface area contributed by atoms with Crippen LogP contribution in [-0.2, 0) is 14.4 Å². The molecule has 2 amide bonds. The summed E-state index contributed by atoms with van der Waals surface area (Å²) in [5, 5.41) is 8.56. The van der Waals surface area contributed by atoms with Gasteiger partial charge in [0.05, 0.1) is 12.0 Å². The number of carbonyl (C=O) groups is 2. The lowest BCUT2D eigenvalue weighted by Crippen LogP contribution is -2.24. The molecule has 0 bridgehead atoms. The van der Waals surface area contributed by atoms with Crippen LogP contribution in [0.3, 0.4) is 0 Å². The van der Waals surface area contributed by atoms with Crippen LogP contribution in [-0.4, -0.2) is 28.0 Å². The van der Waals surface area contributed by atoms with E-state index in [1.54, 1.807) is 0 Å². The minimum atomic E-state index is -0.904. The van der Waals surface area contributed by atoms with Crippen molar-refractivity contribution in [3.63, 3.8) is 0 Å². The smallest absolute Gasteiger partial charge is 0.278 e. The largest absolute Gasteiger partial charge is 0.289 e. The first-order chi connectivity index (χ1) is 5.16. The van der Waals surface area contributed by atoms with Crippen LogP contribution >= 0.6 is 0 Å². The number of amides is 2. The Morgan fingerprint density at radius 1 is 1.45 bits per heavy atom. The molecule has 1 aliphatic heterocycles. The van der Waals surface area contributed by atoms with Gasteiger partial charge in [0.1, 0.15) is 0 Å². The first-order valence-electron chi connectivity index (χ1n) is 2.72. The normalized spacial score (nSPS) is 16.8. The Balaban J connectivity index is 3.11. The van der Waals surface area contributed by atoms with Crippen LogP contribution in [0.2, 0.25) is 0 Å². The van der Waals surface area contributed by atoms with Crippen molar-refractivity contribution in [2.75, 3.05) is 0 Å². The summed E-state index contributed by atoms with van der Waals surface area (Å²) in [6.07, 6.45) is -0.287. The summed E-state index contributed by atoms with van der Waals surface area (Å²) in [6.45, 7) is 0. The molecular formula is C6H3NO4. The fourth-order valence-corrected chi connectivity index (χ4v) is 0.702. The minimum absolute atomic E-state index is 0.0420. The zero-order chi connectivity index (χ0) is 8.43. The van der Waals surface area contributed by atoms with E-state index in [2.05, 4.69) is 0 Å². The summed E-state index contributed by atoms with van der Waals surface area (Å²) in [6, 6.07) is 0. The van der Waals surface area contributed by atoms with Crippen LogP contribution in [0.15, 0.2) is 11.3 Å². The Hall–Kier alpha value is -1.67. The Bertz CT molecular complexity index is 307. The second-order valence-electron chi connectivity index (χ2n) is 1.89. The van der Waals surface area contributed by atoms with Gasteiger partial charge >= 0.3 is 0 Å². The number of rotatable bonds is 0. The van der Waals surface area contributed by atoms with Crippen LogP contribution in [0.25, 0.3) is 0 Å². The predicted octanol–water partition coefficient (Wildman–Crippen LogP) is -0.952. The number of hydroxylamine groups is 2. The molecule has 0 saturated carbocycles. The van der Waals surface area contributed by atoms with Gasteiger partial charge in [0.25, 0.3) is 11.8 Å². The summed E-state index contributed by atoms with van der Waals surface area (Å²) in [5.74, 6) is -0.428. The molecule has 0 spiro atoms. The number of hydrogen-bond donors (Lipinski definition) is 1. The summed E-state index contributed by atoms with van der Waals surface area (Å²) in [5.41, 5.74) is 1.73. The minimum Gasteiger partial charge on any atom is -0.278 e. The van der Waals surface area contributed by atoms with Gasteiger partial charge in [-0.25, -0.2) is 4.79 Å². The van der Waals surface area contributed by atoms with E-state index in [1.807, 2.05) is 5.73 Å². The first-order valence-corrected chi connectivity index (χ1v) is 2.72. The fraction of sp³-hybridized carbons (Fsp3) is 0.167. The third-order valence-electron chi connectivity index (χ3n) is 1.22. The molecule has 0 aromatic rings. The topological polar surface area (TPSA) is 74.7 Å². The van der Waals surface area contributed by atoms with E-state index in [9.17, 15) is 14.4 Å². The van der Waals surface area contributed by atoms with E-state index in [-0.39, 0.29) is 17.1 Å². The molecule has 5 heteroatoms. The van der Waals surface area contributed by atoms with Gasteiger partial charge in [0.15, 0.2) is 5.94 Å². The van der Waals surface area contributed by atoms with Gasteiger partial charge in [0, 0.05) is 0 Å². The highest BCUT2D eigenvalue weighted by Crippen LogP contribution is 2.13. The molecule has 0 aliphatic carbocycles. The standard InChI is InChI=1S/C6H3NO4/c8-2-1-4-3-5(9)7(11)6(4)10/h11H,3H2. The predicted molar refractivity (Wildman–Crippen MR) is 31.0 cm³/mol. The van der Waals surface area contributed by atoms with Crippen molar-refractivity contribution < 1.29 is 19.6 Å². The van der Waals surface area contributed by atoms with E-state index in [1.165, 1.54) is 5.94 Å². The molecule has 0 aromatic carbocycles. The molecule has 1 aliphatic rings. The molecule has 0 atom stereocenters. The van der Waals surface area contributed by atoms with E-state index in [4.69, 9.17) is 5.21 Å². The van der Waals surface area contributed by atoms with Crippen LogP contribution < -0.4 is 0 Å². The Morgan fingerprint density at radius 2 is 2.09 bits per heavy atom. The van der Waals surface area contributed by atoms with E-state index < -0.39 is 11.8 Å². The van der Waals surface area contributed by atoms with E-state index >= 15 is 0 Å². The van der Waals surface area contributed by atoms with E-state index in [0.29, 0.717) is 0 Å². The first kappa shape index (κ1) is 7.44. The monoisotopic (exact) mass is 153 g/mol. The SMILES string of the molecule is O=C=C=C1CC(=O)N(O)C1=O. The maximum absolute atomic E-state index is 10.7. The molecule has 1 N–H and O–H groups in total. The third kappa shape index (κ3) is 1.11. The number of imide groups is 1. The van der Waals surface area contributed by atoms with Crippen molar-refractivity contribution >= 4 is 17.8 Å². The average molecular weight is 153 g/mol. The molecule has 1 fully saturated rings. The van der Waals surface area contributed by atoms with Gasteiger partial charge in [-0.3, -0.25) is 14.8 Å². The molecule has 11 heavy (non-hydrogen) atoms. The summed E-state index contributed by atoms with van der Waals surface area (Å²) >= 11 is 0. The van der Waals surface area contributed by atoms with Gasteiger partial charge in [0.2, 0.25) is 0 Å². The summed E-state index contributed by atoms with van der Waals surface area (Å²) in [4.78, 5) is 30.9. The van der Waals surface area contributed by atoms with Crippen molar-refractivity contribution in [3.05, 3.63) is 11.3 Å². The van der Waals surface area contributed by atoms with Crippen LogP contribution in [0.4, 0.5) is 0 Å². The molecule has 56 valence electrons. The number of nitrogens with zero attached hydrogens (tertiary/aromatic N) is 1. The molecule has 1 rings (SSSR count). The second-order valence-corrected chi connectivity index (χ2v) is 1.89. The molecule has 0 unspecified atom stereocenters.